The van der Waals surface area contributed by atoms with Crippen LogP contribution >= 0.6 is 0 Å². The smallest absolute Gasteiger partial charge is 0.337 e. The fourth-order valence-corrected chi connectivity index (χ4v) is 4.19. The lowest BCUT2D eigenvalue weighted by Gasteiger charge is -2.20. The standard InChI is InChI=1S/C17H20N2O2/c1-18-10-15(17(20)21)14-6-5-13(7-16(14)18)19-8-11-3-2-4-12(11)9-19/h5-7,10-12H,2-4,8-9H2,1H3,(H,20,21)/t11-,12+. The second-order valence-electron chi connectivity index (χ2n) is 6.52. The number of rotatable bonds is 2. The summed E-state index contributed by atoms with van der Waals surface area (Å²) in [4.78, 5) is 13.8. The summed E-state index contributed by atoms with van der Waals surface area (Å²) in [6, 6.07) is 6.18. The molecule has 2 aromatic rings. The van der Waals surface area contributed by atoms with Gasteiger partial charge in [0.25, 0.3) is 0 Å². The molecule has 1 N–H and O–H groups in total. The van der Waals surface area contributed by atoms with E-state index in [-0.39, 0.29) is 0 Å². The number of fused-ring (bicyclic) bond motifs is 2. The predicted octanol–water partition coefficient (Wildman–Crippen LogP) is 3.11. The average molecular weight is 284 g/mol. The molecule has 4 rings (SSSR count). The van der Waals surface area contributed by atoms with Crippen molar-refractivity contribution in [3.8, 4) is 0 Å². The van der Waals surface area contributed by atoms with Gasteiger partial charge in [-0.25, -0.2) is 4.79 Å². The van der Waals surface area contributed by atoms with Crippen LogP contribution in [-0.4, -0.2) is 28.7 Å². The van der Waals surface area contributed by atoms with Gasteiger partial charge >= 0.3 is 5.97 Å². The molecule has 1 aromatic carbocycles. The number of anilines is 1. The van der Waals surface area contributed by atoms with Crippen molar-refractivity contribution in [3.05, 3.63) is 30.0 Å². The van der Waals surface area contributed by atoms with Gasteiger partial charge in [0.2, 0.25) is 0 Å². The first-order valence-electron chi connectivity index (χ1n) is 7.71. The predicted molar refractivity (Wildman–Crippen MR) is 82.9 cm³/mol. The Morgan fingerprint density at radius 3 is 2.62 bits per heavy atom. The van der Waals surface area contributed by atoms with Gasteiger partial charge in [0.15, 0.2) is 0 Å². The van der Waals surface area contributed by atoms with Crippen LogP contribution in [0.1, 0.15) is 29.6 Å². The maximum atomic E-state index is 11.3. The summed E-state index contributed by atoms with van der Waals surface area (Å²) in [7, 11) is 1.91. The largest absolute Gasteiger partial charge is 0.478 e. The minimum atomic E-state index is -0.857. The fourth-order valence-electron chi connectivity index (χ4n) is 4.19. The molecular weight excluding hydrogens is 264 g/mol. The highest BCUT2D eigenvalue weighted by Crippen LogP contribution is 2.40. The van der Waals surface area contributed by atoms with Crippen molar-refractivity contribution in [2.75, 3.05) is 18.0 Å². The average Bonchev–Trinajstić information content (AvgIpc) is 3.11. The Labute approximate surface area is 124 Å². The topological polar surface area (TPSA) is 45.5 Å². The summed E-state index contributed by atoms with van der Waals surface area (Å²) in [5, 5.41) is 10.1. The summed E-state index contributed by atoms with van der Waals surface area (Å²) >= 11 is 0. The molecule has 0 radical (unpaired) electrons. The minimum absolute atomic E-state index is 0.386. The van der Waals surface area contributed by atoms with E-state index in [2.05, 4.69) is 17.0 Å². The zero-order valence-corrected chi connectivity index (χ0v) is 12.2. The summed E-state index contributed by atoms with van der Waals surface area (Å²) < 4.78 is 1.92. The normalized spacial score (nSPS) is 24.7. The quantitative estimate of drug-likeness (QED) is 0.921. The summed E-state index contributed by atoms with van der Waals surface area (Å²) in [5.74, 6) is 0.872. The Hall–Kier alpha value is -1.97. The first-order valence-corrected chi connectivity index (χ1v) is 7.71. The van der Waals surface area contributed by atoms with Crippen molar-refractivity contribution in [2.45, 2.75) is 19.3 Å². The molecule has 2 aliphatic rings. The van der Waals surface area contributed by atoms with Gasteiger partial charge in [-0.15, -0.1) is 0 Å². The molecule has 1 saturated heterocycles. The number of carboxylic acid groups (broad SMARTS) is 1. The van der Waals surface area contributed by atoms with E-state index in [1.807, 2.05) is 17.7 Å². The lowest BCUT2D eigenvalue weighted by Crippen LogP contribution is -2.20. The molecule has 2 heterocycles. The molecule has 4 heteroatoms. The maximum absolute atomic E-state index is 11.3. The molecule has 1 saturated carbocycles. The number of hydrogen-bond acceptors (Lipinski definition) is 2. The molecule has 0 bridgehead atoms. The Balaban J connectivity index is 1.71. The number of carbonyl (C=O) groups is 1. The molecule has 2 atom stereocenters. The second kappa shape index (κ2) is 4.52. The van der Waals surface area contributed by atoms with Crippen molar-refractivity contribution in [1.82, 2.24) is 4.57 Å². The first-order chi connectivity index (χ1) is 10.1. The van der Waals surface area contributed by atoms with Gasteiger partial charge < -0.3 is 14.6 Å². The molecular formula is C17H20N2O2. The van der Waals surface area contributed by atoms with Crippen molar-refractivity contribution in [3.63, 3.8) is 0 Å². The van der Waals surface area contributed by atoms with Crippen LogP contribution in [-0.2, 0) is 7.05 Å². The van der Waals surface area contributed by atoms with Gasteiger partial charge in [0, 0.05) is 37.4 Å². The van der Waals surface area contributed by atoms with Crippen LogP contribution in [0.25, 0.3) is 10.9 Å². The zero-order valence-electron chi connectivity index (χ0n) is 12.2. The number of aryl methyl sites for hydroxylation is 1. The molecule has 2 fully saturated rings. The van der Waals surface area contributed by atoms with E-state index < -0.39 is 5.97 Å². The van der Waals surface area contributed by atoms with Crippen molar-refractivity contribution in [1.29, 1.82) is 0 Å². The molecule has 1 aliphatic carbocycles. The summed E-state index contributed by atoms with van der Waals surface area (Å²) in [5.41, 5.74) is 2.62. The van der Waals surface area contributed by atoms with Gasteiger partial charge in [-0.2, -0.15) is 0 Å². The van der Waals surface area contributed by atoms with Gasteiger partial charge in [0.05, 0.1) is 11.1 Å². The summed E-state index contributed by atoms with van der Waals surface area (Å²) in [6.45, 7) is 2.32. The lowest BCUT2D eigenvalue weighted by molar-refractivity contribution is 0.0699. The van der Waals surface area contributed by atoms with E-state index in [1.54, 1.807) is 6.20 Å². The number of aromatic nitrogens is 1. The van der Waals surface area contributed by atoms with Crippen LogP contribution in [0, 0.1) is 11.8 Å². The minimum Gasteiger partial charge on any atom is -0.478 e. The van der Waals surface area contributed by atoms with E-state index in [9.17, 15) is 9.90 Å². The van der Waals surface area contributed by atoms with Crippen LogP contribution in [0.3, 0.4) is 0 Å². The third-order valence-electron chi connectivity index (χ3n) is 5.30. The third kappa shape index (κ3) is 1.93. The van der Waals surface area contributed by atoms with Crippen molar-refractivity contribution in [2.24, 2.45) is 18.9 Å². The number of nitrogens with zero attached hydrogens (tertiary/aromatic N) is 2. The number of aromatic carboxylic acids is 1. The molecule has 110 valence electrons. The highest BCUT2D eigenvalue weighted by molar-refractivity contribution is 6.04. The van der Waals surface area contributed by atoms with Crippen molar-refractivity contribution < 1.29 is 9.90 Å². The van der Waals surface area contributed by atoms with Gasteiger partial charge in [-0.1, -0.05) is 6.42 Å². The Morgan fingerprint density at radius 2 is 1.95 bits per heavy atom. The number of hydrogen-bond donors (Lipinski definition) is 1. The van der Waals surface area contributed by atoms with Gasteiger partial charge in [0.1, 0.15) is 0 Å². The molecule has 21 heavy (non-hydrogen) atoms. The third-order valence-corrected chi connectivity index (χ3v) is 5.30. The monoisotopic (exact) mass is 284 g/mol. The first kappa shape index (κ1) is 12.7. The highest BCUT2D eigenvalue weighted by Gasteiger charge is 2.36. The van der Waals surface area contributed by atoms with E-state index in [1.165, 1.54) is 24.9 Å². The molecule has 0 amide bonds. The molecule has 0 spiro atoms. The van der Waals surface area contributed by atoms with Crippen LogP contribution in [0.5, 0.6) is 0 Å². The Morgan fingerprint density at radius 1 is 1.24 bits per heavy atom. The number of carboxylic acids is 1. The van der Waals surface area contributed by atoms with Crippen LogP contribution in [0.15, 0.2) is 24.4 Å². The highest BCUT2D eigenvalue weighted by atomic mass is 16.4. The van der Waals surface area contributed by atoms with E-state index in [0.717, 1.165) is 35.8 Å². The Kier molecular flexibility index (Phi) is 2.74. The lowest BCUT2D eigenvalue weighted by atomic mass is 10.0. The molecule has 1 aliphatic heterocycles. The fraction of sp³-hybridized carbons (Fsp3) is 0.471. The van der Waals surface area contributed by atoms with Crippen molar-refractivity contribution >= 4 is 22.6 Å². The number of benzene rings is 1. The SMILES string of the molecule is Cn1cc(C(=O)O)c2ccc(N3C[C@H]4CCC[C@H]4C3)cc21. The van der Waals surface area contributed by atoms with Crippen LogP contribution < -0.4 is 4.90 Å². The van der Waals surface area contributed by atoms with Gasteiger partial charge in [-0.05, 0) is 42.9 Å². The van der Waals surface area contributed by atoms with E-state index in [0.29, 0.717) is 5.56 Å². The Bertz CT molecular complexity index is 707. The molecule has 0 unspecified atom stereocenters. The zero-order chi connectivity index (χ0) is 14.6. The van der Waals surface area contributed by atoms with E-state index >= 15 is 0 Å². The second-order valence-corrected chi connectivity index (χ2v) is 6.52. The van der Waals surface area contributed by atoms with Crippen LogP contribution in [0.2, 0.25) is 0 Å². The van der Waals surface area contributed by atoms with Gasteiger partial charge in [-0.3, -0.25) is 0 Å². The molecule has 1 aromatic heterocycles. The molecule has 4 nitrogen and oxygen atoms in total. The summed E-state index contributed by atoms with van der Waals surface area (Å²) in [6.07, 6.45) is 5.84. The maximum Gasteiger partial charge on any atom is 0.337 e. The van der Waals surface area contributed by atoms with Crippen LogP contribution in [0.4, 0.5) is 5.69 Å². The van der Waals surface area contributed by atoms with E-state index in [4.69, 9.17) is 0 Å².